The summed E-state index contributed by atoms with van der Waals surface area (Å²) in [6.07, 6.45) is 7.74. The molecule has 0 spiro atoms. The van der Waals surface area contributed by atoms with Gasteiger partial charge in [-0.3, -0.25) is 9.10 Å². The molecule has 0 atom stereocenters. The smallest absolute Gasteiger partial charge is 0.271 e. The van der Waals surface area contributed by atoms with Gasteiger partial charge in [0.1, 0.15) is 6.54 Å². The quantitative estimate of drug-likeness (QED) is 0.502. The number of anilines is 1. The number of nitrogens with zero attached hydrogens (tertiary/aromatic N) is 2. The predicted octanol–water partition coefficient (Wildman–Crippen LogP) is 5.90. The molecule has 1 aliphatic rings. The zero-order chi connectivity index (χ0) is 24.5. The lowest BCUT2D eigenvalue weighted by Gasteiger charge is -2.23. The number of benzene rings is 1. The van der Waals surface area contributed by atoms with Crippen molar-refractivity contribution in [3.05, 3.63) is 28.8 Å². The van der Waals surface area contributed by atoms with Crippen molar-refractivity contribution < 1.29 is 26.4 Å². The molecule has 1 aliphatic carbocycles. The standard InChI is InChI=1S/C22H31ClF3N3O3S/c1-33(31,32)29(18-13-14-20(23)19(15-18)22(24,25)26)16-21(30)28-27-17-11-9-7-5-3-2-4-6-8-10-12-17/h13-15H,2-12,16H2,1H3,(H,28,30). The van der Waals surface area contributed by atoms with E-state index in [1.807, 2.05) is 0 Å². The molecule has 0 saturated heterocycles. The Kier molecular flexibility index (Phi) is 10.5. The fourth-order valence-corrected chi connectivity index (χ4v) is 4.80. The van der Waals surface area contributed by atoms with Crippen LogP contribution in [0.5, 0.6) is 0 Å². The van der Waals surface area contributed by atoms with Crippen molar-refractivity contribution in [3.63, 3.8) is 0 Å². The SMILES string of the molecule is CS(=O)(=O)N(CC(=O)NN=C1CCCCCCCCCCC1)c1ccc(Cl)c(C(F)(F)F)c1. The van der Waals surface area contributed by atoms with Gasteiger partial charge in [0.2, 0.25) is 10.0 Å². The molecule has 1 aromatic carbocycles. The Morgan fingerprint density at radius 1 is 1.03 bits per heavy atom. The molecule has 6 nitrogen and oxygen atoms in total. The Morgan fingerprint density at radius 2 is 1.55 bits per heavy atom. The van der Waals surface area contributed by atoms with E-state index in [-0.39, 0.29) is 5.69 Å². The van der Waals surface area contributed by atoms with Gasteiger partial charge in [-0.15, -0.1) is 0 Å². The van der Waals surface area contributed by atoms with Gasteiger partial charge in [0, 0.05) is 5.71 Å². The summed E-state index contributed by atoms with van der Waals surface area (Å²) in [6.45, 7) is -0.700. The summed E-state index contributed by atoms with van der Waals surface area (Å²) >= 11 is 5.62. The van der Waals surface area contributed by atoms with Gasteiger partial charge in [-0.25, -0.2) is 13.8 Å². The zero-order valence-electron chi connectivity index (χ0n) is 18.8. The molecule has 1 saturated carbocycles. The fourth-order valence-electron chi connectivity index (χ4n) is 3.73. The first-order valence-electron chi connectivity index (χ1n) is 11.2. The number of nitrogens with one attached hydrogen (secondary N) is 1. The van der Waals surface area contributed by atoms with E-state index in [2.05, 4.69) is 10.5 Å². The third-order valence-corrected chi connectivity index (χ3v) is 6.97. The number of hydrogen-bond donors (Lipinski definition) is 1. The summed E-state index contributed by atoms with van der Waals surface area (Å²) in [5.74, 6) is -0.734. The first-order chi connectivity index (χ1) is 15.5. The molecule has 0 unspecified atom stereocenters. The van der Waals surface area contributed by atoms with Gasteiger partial charge in [-0.1, -0.05) is 56.5 Å². The second-order valence-corrected chi connectivity index (χ2v) is 10.6. The number of alkyl halides is 3. The number of carbonyl (C=O) groups excluding carboxylic acids is 1. The molecule has 1 aromatic rings. The lowest BCUT2D eigenvalue weighted by atomic mass is 10.00. The van der Waals surface area contributed by atoms with Crippen LogP contribution in [0.15, 0.2) is 23.3 Å². The maximum atomic E-state index is 13.2. The topological polar surface area (TPSA) is 78.8 Å². The van der Waals surface area contributed by atoms with Crippen molar-refractivity contribution in [2.24, 2.45) is 5.10 Å². The third-order valence-electron chi connectivity index (χ3n) is 5.50. The highest BCUT2D eigenvalue weighted by molar-refractivity contribution is 7.92. The largest absolute Gasteiger partial charge is 0.417 e. The second kappa shape index (κ2) is 12.6. The number of hydrazone groups is 1. The first kappa shape index (κ1) is 27.4. The molecule has 0 bridgehead atoms. The highest BCUT2D eigenvalue weighted by Gasteiger charge is 2.34. The van der Waals surface area contributed by atoms with Crippen LogP contribution in [-0.2, 0) is 21.0 Å². The second-order valence-electron chi connectivity index (χ2n) is 8.33. The van der Waals surface area contributed by atoms with E-state index in [1.54, 1.807) is 0 Å². The monoisotopic (exact) mass is 509 g/mol. The molecule has 33 heavy (non-hydrogen) atoms. The van der Waals surface area contributed by atoms with Crippen molar-refractivity contribution in [1.29, 1.82) is 0 Å². The number of halogens is 4. The van der Waals surface area contributed by atoms with Crippen LogP contribution >= 0.6 is 11.6 Å². The van der Waals surface area contributed by atoms with Crippen LogP contribution in [-0.4, -0.2) is 32.8 Å². The molecule has 11 heteroatoms. The molecule has 1 amide bonds. The molecule has 2 rings (SSSR count). The van der Waals surface area contributed by atoms with E-state index >= 15 is 0 Å². The minimum absolute atomic E-state index is 0.303. The van der Waals surface area contributed by atoms with E-state index < -0.39 is 39.2 Å². The van der Waals surface area contributed by atoms with Crippen LogP contribution in [0, 0.1) is 0 Å². The molecular formula is C22H31ClF3N3O3S. The highest BCUT2D eigenvalue weighted by Crippen LogP contribution is 2.37. The number of rotatable bonds is 5. The summed E-state index contributed by atoms with van der Waals surface area (Å²) in [5, 5.41) is 3.65. The van der Waals surface area contributed by atoms with Gasteiger partial charge >= 0.3 is 6.18 Å². The summed E-state index contributed by atoms with van der Waals surface area (Å²) in [4.78, 5) is 12.5. The fraction of sp³-hybridized carbons (Fsp3) is 0.636. The molecule has 0 radical (unpaired) electrons. The predicted molar refractivity (Wildman–Crippen MR) is 125 cm³/mol. The van der Waals surface area contributed by atoms with Crippen molar-refractivity contribution in [1.82, 2.24) is 5.43 Å². The highest BCUT2D eigenvalue weighted by atomic mass is 35.5. The summed E-state index contributed by atoms with van der Waals surface area (Å²) < 4.78 is 64.6. The van der Waals surface area contributed by atoms with Crippen LogP contribution in [0.2, 0.25) is 5.02 Å². The van der Waals surface area contributed by atoms with E-state index in [9.17, 15) is 26.4 Å². The lowest BCUT2D eigenvalue weighted by molar-refractivity contribution is -0.137. The molecule has 0 heterocycles. The minimum Gasteiger partial charge on any atom is -0.271 e. The van der Waals surface area contributed by atoms with E-state index in [0.717, 1.165) is 62.6 Å². The van der Waals surface area contributed by atoms with E-state index in [1.165, 1.54) is 32.1 Å². The van der Waals surface area contributed by atoms with E-state index in [0.29, 0.717) is 10.4 Å². The van der Waals surface area contributed by atoms with Gasteiger partial charge in [0.05, 0.1) is 22.5 Å². The van der Waals surface area contributed by atoms with Crippen molar-refractivity contribution >= 4 is 38.9 Å². The molecule has 0 aromatic heterocycles. The van der Waals surface area contributed by atoms with Crippen LogP contribution in [0.25, 0.3) is 0 Å². The average molecular weight is 510 g/mol. The van der Waals surface area contributed by atoms with Crippen molar-refractivity contribution in [2.75, 3.05) is 17.1 Å². The van der Waals surface area contributed by atoms with E-state index in [4.69, 9.17) is 11.6 Å². The normalized spacial score (nSPS) is 16.9. The van der Waals surface area contributed by atoms with Crippen LogP contribution in [0.3, 0.4) is 0 Å². The van der Waals surface area contributed by atoms with Crippen LogP contribution < -0.4 is 9.73 Å². The molecular weight excluding hydrogens is 479 g/mol. The number of sulfonamides is 1. The molecule has 1 fully saturated rings. The molecule has 1 N–H and O–H groups in total. The Balaban J connectivity index is 2.12. The zero-order valence-corrected chi connectivity index (χ0v) is 20.3. The summed E-state index contributed by atoms with van der Waals surface area (Å²) in [7, 11) is -4.04. The lowest BCUT2D eigenvalue weighted by Crippen LogP contribution is -2.39. The van der Waals surface area contributed by atoms with Gasteiger partial charge in [-0.2, -0.15) is 18.3 Å². The first-order valence-corrected chi connectivity index (χ1v) is 13.4. The molecule has 186 valence electrons. The number of carbonyl (C=O) groups is 1. The van der Waals surface area contributed by atoms with Gasteiger partial charge in [0.25, 0.3) is 5.91 Å². The Labute approximate surface area is 198 Å². The van der Waals surface area contributed by atoms with Crippen LogP contribution in [0.1, 0.15) is 76.2 Å². The Hall–Kier alpha value is -1.81. The van der Waals surface area contributed by atoms with Gasteiger partial charge in [-0.05, 0) is 43.9 Å². The average Bonchev–Trinajstić information content (AvgIpc) is 2.70. The number of hydrogen-bond acceptors (Lipinski definition) is 4. The van der Waals surface area contributed by atoms with Gasteiger partial charge < -0.3 is 0 Å². The molecule has 0 aliphatic heterocycles. The van der Waals surface area contributed by atoms with Gasteiger partial charge in [0.15, 0.2) is 0 Å². The summed E-state index contributed by atoms with van der Waals surface area (Å²) in [5.41, 5.74) is 1.76. The maximum absolute atomic E-state index is 13.2. The minimum atomic E-state index is -4.77. The number of amides is 1. The Bertz CT molecular complexity index is 923. The van der Waals surface area contributed by atoms with Crippen molar-refractivity contribution in [3.8, 4) is 0 Å². The maximum Gasteiger partial charge on any atom is 0.417 e. The third kappa shape index (κ3) is 9.52. The van der Waals surface area contributed by atoms with Crippen LogP contribution in [0.4, 0.5) is 18.9 Å². The van der Waals surface area contributed by atoms with Crippen molar-refractivity contribution in [2.45, 2.75) is 76.8 Å². The summed E-state index contributed by atoms with van der Waals surface area (Å²) in [6, 6.07) is 2.71. The Morgan fingerprint density at radius 3 is 2.03 bits per heavy atom.